The van der Waals surface area contributed by atoms with E-state index in [2.05, 4.69) is 26.0 Å². The lowest BCUT2D eigenvalue weighted by atomic mass is 10.0. The van der Waals surface area contributed by atoms with Crippen LogP contribution in [-0.2, 0) is 32.7 Å². The molecule has 9 nitrogen and oxygen atoms in total. The summed E-state index contributed by atoms with van der Waals surface area (Å²) < 4.78 is 34.5. The molecule has 380 valence electrons. The van der Waals surface area contributed by atoms with E-state index in [9.17, 15) is 19.0 Å². The van der Waals surface area contributed by atoms with E-state index in [1.165, 1.54) is 205 Å². The van der Waals surface area contributed by atoms with Crippen LogP contribution < -0.4 is 0 Å². The Morgan fingerprint density at radius 2 is 0.797 bits per heavy atom. The Labute approximate surface area is 396 Å². The van der Waals surface area contributed by atoms with E-state index in [0.717, 1.165) is 32.1 Å². The quantitative estimate of drug-likeness (QED) is 0.0211. The number of carbonyl (C=O) groups is 2. The number of carbonyl (C=O) groups excluding carboxylic acids is 2. The third kappa shape index (κ3) is 50.2. The fourth-order valence-corrected chi connectivity index (χ4v) is 8.75. The van der Waals surface area contributed by atoms with Crippen molar-refractivity contribution in [3.05, 3.63) is 12.2 Å². The lowest BCUT2D eigenvalue weighted by Crippen LogP contribution is -2.37. The molecular weight excluding hydrogens is 822 g/mol. The summed E-state index contributed by atoms with van der Waals surface area (Å²) in [7, 11) is 1.49. The van der Waals surface area contributed by atoms with Gasteiger partial charge in [-0.2, -0.15) is 0 Å². The molecule has 0 fully saturated rings. The Hall–Kier alpha value is -1.25. The van der Waals surface area contributed by atoms with Gasteiger partial charge in [0.05, 0.1) is 27.7 Å². The molecule has 0 heterocycles. The first kappa shape index (κ1) is 62.8. The van der Waals surface area contributed by atoms with Crippen LogP contribution in [0.25, 0.3) is 0 Å². The van der Waals surface area contributed by atoms with E-state index in [1.54, 1.807) is 0 Å². The van der Waals surface area contributed by atoms with E-state index in [0.29, 0.717) is 23.9 Å². The third-order valence-corrected chi connectivity index (χ3v) is 13.3. The molecule has 0 spiro atoms. The van der Waals surface area contributed by atoms with Gasteiger partial charge in [-0.3, -0.25) is 18.6 Å². The van der Waals surface area contributed by atoms with Crippen molar-refractivity contribution < 1.29 is 42.1 Å². The SMILES string of the molecule is CCCCCCCCCC/C=C\CCCCCCCCCCCCCCCC(=O)OC(COC(=O)CCCCCCCCCCCCCCCCC)COP(=O)(O)OCC[N+](C)(C)C. The van der Waals surface area contributed by atoms with Crippen molar-refractivity contribution in [3.8, 4) is 0 Å². The van der Waals surface area contributed by atoms with Crippen LogP contribution in [-0.4, -0.2) is 74.9 Å². The van der Waals surface area contributed by atoms with Gasteiger partial charge in [0.25, 0.3) is 0 Å². The first-order valence-corrected chi connectivity index (χ1v) is 28.9. The van der Waals surface area contributed by atoms with Gasteiger partial charge in [0.2, 0.25) is 0 Å². The fourth-order valence-electron chi connectivity index (χ4n) is 8.01. The number of esters is 2. The molecule has 0 aliphatic heterocycles. The van der Waals surface area contributed by atoms with Crippen molar-refractivity contribution in [1.82, 2.24) is 0 Å². The lowest BCUT2D eigenvalue weighted by Gasteiger charge is -2.24. The molecule has 2 unspecified atom stereocenters. The number of nitrogens with zero attached hydrogens (tertiary/aromatic N) is 1. The molecule has 64 heavy (non-hydrogen) atoms. The molecule has 0 saturated carbocycles. The van der Waals surface area contributed by atoms with Crippen LogP contribution in [0.2, 0.25) is 0 Å². The number of hydrogen-bond donors (Lipinski definition) is 1. The number of phosphoric acid groups is 1. The number of phosphoric ester groups is 1. The standard InChI is InChI=1S/C54H106NO8P/c1-6-8-10-12-14-16-18-20-22-23-24-25-26-27-28-29-30-31-33-35-37-39-41-43-45-47-54(57)63-52(51-62-64(58,59)61-49-48-55(3,4)5)50-60-53(56)46-44-42-40-38-36-34-32-21-19-17-15-13-11-9-7-2/h23-24,52H,6-22,25-51H2,1-5H3/p+1/b24-23-. The van der Waals surface area contributed by atoms with E-state index < -0.39 is 26.5 Å². The van der Waals surface area contributed by atoms with Crippen LogP contribution in [0.3, 0.4) is 0 Å². The van der Waals surface area contributed by atoms with Crippen LogP contribution in [0.4, 0.5) is 0 Å². The summed E-state index contributed by atoms with van der Waals surface area (Å²) in [6.07, 6.45) is 52.7. The van der Waals surface area contributed by atoms with Gasteiger partial charge in [0.1, 0.15) is 19.8 Å². The highest BCUT2D eigenvalue weighted by molar-refractivity contribution is 7.47. The monoisotopic (exact) mass is 929 g/mol. The largest absolute Gasteiger partial charge is 0.472 e. The molecule has 10 heteroatoms. The number of ether oxygens (including phenoxy) is 2. The molecule has 0 aromatic rings. The number of allylic oxidation sites excluding steroid dienone is 2. The lowest BCUT2D eigenvalue weighted by molar-refractivity contribution is -0.870. The number of quaternary nitrogens is 1. The van der Waals surface area contributed by atoms with Crippen LogP contribution in [0.5, 0.6) is 0 Å². The highest BCUT2D eigenvalue weighted by Gasteiger charge is 2.27. The molecule has 0 radical (unpaired) electrons. The summed E-state index contributed by atoms with van der Waals surface area (Å²) in [5.74, 6) is -0.781. The molecule has 0 aromatic carbocycles. The average Bonchev–Trinajstić information content (AvgIpc) is 3.25. The van der Waals surface area contributed by atoms with Gasteiger partial charge >= 0.3 is 19.8 Å². The minimum atomic E-state index is -4.38. The van der Waals surface area contributed by atoms with Crippen molar-refractivity contribution in [3.63, 3.8) is 0 Å². The minimum absolute atomic E-state index is 0.0356. The molecule has 0 amide bonds. The average molecular weight is 929 g/mol. The molecule has 2 atom stereocenters. The summed E-state index contributed by atoms with van der Waals surface area (Å²) in [5.41, 5.74) is 0. The van der Waals surface area contributed by atoms with E-state index in [1.807, 2.05) is 21.1 Å². The topological polar surface area (TPSA) is 108 Å². The summed E-state index contributed by atoms with van der Waals surface area (Å²) in [5, 5.41) is 0. The van der Waals surface area contributed by atoms with Gasteiger partial charge in [0.15, 0.2) is 6.10 Å². The molecular formula is C54H107NO8P+. The van der Waals surface area contributed by atoms with E-state index in [-0.39, 0.29) is 25.6 Å². The molecule has 0 aliphatic rings. The second-order valence-corrected chi connectivity index (χ2v) is 21.4. The van der Waals surface area contributed by atoms with Gasteiger partial charge < -0.3 is 18.9 Å². The zero-order valence-corrected chi connectivity index (χ0v) is 43.9. The van der Waals surface area contributed by atoms with E-state index in [4.69, 9.17) is 18.5 Å². The Kier molecular flexibility index (Phi) is 45.9. The number of rotatable bonds is 51. The minimum Gasteiger partial charge on any atom is -0.462 e. The van der Waals surface area contributed by atoms with E-state index >= 15 is 0 Å². The highest BCUT2D eigenvalue weighted by atomic mass is 31.2. The normalized spacial score (nSPS) is 13.4. The molecule has 0 saturated heterocycles. The Morgan fingerprint density at radius 1 is 0.469 bits per heavy atom. The third-order valence-electron chi connectivity index (χ3n) is 12.3. The zero-order chi connectivity index (χ0) is 47.1. The second-order valence-electron chi connectivity index (χ2n) is 20.0. The highest BCUT2D eigenvalue weighted by Crippen LogP contribution is 2.43. The van der Waals surface area contributed by atoms with Gasteiger partial charge in [-0.1, -0.05) is 231 Å². The Morgan fingerprint density at radius 3 is 1.16 bits per heavy atom. The first-order chi connectivity index (χ1) is 31.0. The van der Waals surface area contributed by atoms with Gasteiger partial charge in [-0.25, -0.2) is 4.57 Å². The molecule has 0 aromatic heterocycles. The predicted octanol–water partition coefficient (Wildman–Crippen LogP) is 16.5. The van der Waals surface area contributed by atoms with Crippen molar-refractivity contribution >= 4 is 19.8 Å². The van der Waals surface area contributed by atoms with Gasteiger partial charge in [0, 0.05) is 12.8 Å². The van der Waals surface area contributed by atoms with Crippen LogP contribution in [0.15, 0.2) is 12.2 Å². The fraction of sp³-hybridized carbons (Fsp3) is 0.926. The number of likely N-dealkylation sites (N-methyl/N-ethyl adjacent to an activating group) is 1. The maximum atomic E-state index is 12.8. The van der Waals surface area contributed by atoms with Gasteiger partial charge in [-0.05, 0) is 38.5 Å². The summed E-state index contributed by atoms with van der Waals surface area (Å²) in [6, 6.07) is 0. The van der Waals surface area contributed by atoms with Crippen molar-refractivity contribution in [1.29, 1.82) is 0 Å². The summed E-state index contributed by atoms with van der Waals surface area (Å²) in [6.45, 7) is 4.48. The first-order valence-electron chi connectivity index (χ1n) is 27.4. The van der Waals surface area contributed by atoms with Crippen molar-refractivity contribution in [2.75, 3.05) is 47.5 Å². The summed E-state index contributed by atoms with van der Waals surface area (Å²) in [4.78, 5) is 35.6. The van der Waals surface area contributed by atoms with Crippen LogP contribution in [0, 0.1) is 0 Å². The predicted molar refractivity (Wildman–Crippen MR) is 271 cm³/mol. The smallest absolute Gasteiger partial charge is 0.462 e. The Bertz CT molecular complexity index is 1100. The van der Waals surface area contributed by atoms with Crippen molar-refractivity contribution in [2.45, 2.75) is 277 Å². The van der Waals surface area contributed by atoms with Crippen LogP contribution >= 0.6 is 7.82 Å². The molecule has 1 N–H and O–H groups in total. The molecule has 0 rings (SSSR count). The maximum absolute atomic E-state index is 12.8. The van der Waals surface area contributed by atoms with Gasteiger partial charge in [-0.15, -0.1) is 0 Å². The van der Waals surface area contributed by atoms with Crippen LogP contribution in [0.1, 0.15) is 271 Å². The maximum Gasteiger partial charge on any atom is 0.472 e. The summed E-state index contributed by atoms with van der Waals surface area (Å²) >= 11 is 0. The second kappa shape index (κ2) is 46.8. The number of hydrogen-bond acceptors (Lipinski definition) is 7. The zero-order valence-electron chi connectivity index (χ0n) is 43.0. The Balaban J connectivity index is 4.13. The number of unbranched alkanes of at least 4 members (excludes halogenated alkanes) is 35. The molecule has 0 bridgehead atoms. The molecule has 0 aliphatic carbocycles. The van der Waals surface area contributed by atoms with Crippen molar-refractivity contribution in [2.24, 2.45) is 0 Å².